The highest BCUT2D eigenvalue weighted by Crippen LogP contribution is 2.22. The third-order valence-electron chi connectivity index (χ3n) is 6.48. The molecule has 9 heteroatoms. The molecule has 0 radical (unpaired) electrons. The third kappa shape index (κ3) is 5.09. The van der Waals surface area contributed by atoms with Crippen LogP contribution in [-0.4, -0.2) is 30.2 Å². The van der Waals surface area contributed by atoms with Crippen LogP contribution in [-0.2, 0) is 17.1 Å². The Hall–Kier alpha value is -3.59. The fourth-order valence-electron chi connectivity index (χ4n) is 4.27. The second-order valence-electron chi connectivity index (χ2n) is 8.88. The van der Waals surface area contributed by atoms with Crippen molar-refractivity contribution in [2.24, 2.45) is 13.0 Å². The molecule has 0 spiro atoms. The van der Waals surface area contributed by atoms with Gasteiger partial charge in [0.25, 0.3) is 21.5 Å². The van der Waals surface area contributed by atoms with E-state index in [9.17, 15) is 18.0 Å². The lowest BCUT2D eigenvalue weighted by Gasteiger charge is -2.18. The van der Waals surface area contributed by atoms with Crippen molar-refractivity contribution in [3.63, 3.8) is 0 Å². The number of benzene rings is 2. The molecule has 0 aliphatic heterocycles. The van der Waals surface area contributed by atoms with Crippen molar-refractivity contribution in [3.05, 3.63) is 87.9 Å². The summed E-state index contributed by atoms with van der Waals surface area (Å²) in [7, 11) is -2.43. The average Bonchev–Trinajstić information content (AvgIpc) is 3.06. The zero-order valence-corrected chi connectivity index (χ0v) is 20.9. The number of aromatic nitrogens is 2. The van der Waals surface area contributed by atoms with E-state index in [-0.39, 0.29) is 16.5 Å². The number of hydrogen-bond acceptors (Lipinski definition) is 4. The lowest BCUT2D eigenvalue weighted by atomic mass is 9.94. The van der Waals surface area contributed by atoms with E-state index in [0.29, 0.717) is 35.0 Å². The van der Waals surface area contributed by atoms with Gasteiger partial charge in [0.2, 0.25) is 0 Å². The van der Waals surface area contributed by atoms with Crippen LogP contribution >= 0.6 is 0 Å². The summed E-state index contributed by atoms with van der Waals surface area (Å²) < 4.78 is 31.9. The molecule has 4 rings (SSSR count). The number of carbonyl (C=O) groups is 1. The summed E-state index contributed by atoms with van der Waals surface area (Å²) in [4.78, 5) is 25.9. The van der Waals surface area contributed by atoms with Gasteiger partial charge in [0.15, 0.2) is 0 Å². The number of carbonyl (C=O) groups excluding carboxylic acids is 1. The van der Waals surface area contributed by atoms with Crippen LogP contribution in [0, 0.1) is 19.8 Å². The number of para-hydroxylation sites is 1. The van der Waals surface area contributed by atoms with Crippen molar-refractivity contribution < 1.29 is 13.2 Å². The van der Waals surface area contributed by atoms with E-state index in [2.05, 4.69) is 22.2 Å². The predicted octanol–water partition coefficient (Wildman–Crippen LogP) is 3.68. The summed E-state index contributed by atoms with van der Waals surface area (Å²) in [6.45, 7) is 3.98. The standard InChI is InChI=1S/C26H30N4O4S/c1-18-14-15-22(16-23(18)25(31)27-17-20-10-6-4-7-11-20)35(33,34)28-24-19(2)29(3)30(26(24)32)21-12-8-5-9-13-21/h4-6,8-9,12-16,20,28H,7,10-11,17H2,1-3H3,(H,27,31). The number of nitrogens with zero attached hydrogens (tertiary/aromatic N) is 2. The molecule has 0 saturated heterocycles. The molecule has 1 atom stereocenters. The first-order valence-electron chi connectivity index (χ1n) is 11.6. The molecule has 0 fully saturated rings. The fraction of sp³-hybridized carbons (Fsp3) is 0.308. The number of allylic oxidation sites excluding steroid dienone is 2. The summed E-state index contributed by atoms with van der Waals surface area (Å²) in [6, 6.07) is 13.4. The van der Waals surface area contributed by atoms with Gasteiger partial charge in [0, 0.05) is 19.2 Å². The number of anilines is 1. The molecule has 0 bridgehead atoms. The number of hydrogen-bond donors (Lipinski definition) is 2. The Kier molecular flexibility index (Phi) is 6.98. The van der Waals surface area contributed by atoms with Crippen molar-refractivity contribution in [2.75, 3.05) is 11.3 Å². The maximum Gasteiger partial charge on any atom is 0.296 e. The van der Waals surface area contributed by atoms with E-state index >= 15 is 0 Å². The second-order valence-corrected chi connectivity index (χ2v) is 10.6. The van der Waals surface area contributed by atoms with Gasteiger partial charge in [-0.25, -0.2) is 13.1 Å². The van der Waals surface area contributed by atoms with Crippen molar-refractivity contribution in [1.29, 1.82) is 0 Å². The van der Waals surface area contributed by atoms with Crippen LogP contribution in [0.4, 0.5) is 5.69 Å². The summed E-state index contributed by atoms with van der Waals surface area (Å²) in [5.41, 5.74) is 1.54. The molecule has 184 valence electrons. The first kappa shape index (κ1) is 24.5. The average molecular weight is 495 g/mol. The summed E-state index contributed by atoms with van der Waals surface area (Å²) in [5, 5.41) is 2.94. The second kappa shape index (κ2) is 9.95. The van der Waals surface area contributed by atoms with Crippen LogP contribution in [0.5, 0.6) is 0 Å². The summed E-state index contributed by atoms with van der Waals surface area (Å²) in [6.07, 6.45) is 7.22. The zero-order chi connectivity index (χ0) is 25.2. The zero-order valence-electron chi connectivity index (χ0n) is 20.1. The highest BCUT2D eigenvalue weighted by Gasteiger charge is 2.24. The number of amides is 1. The third-order valence-corrected chi connectivity index (χ3v) is 7.83. The Bertz CT molecular complexity index is 1440. The van der Waals surface area contributed by atoms with Crippen LogP contribution in [0.25, 0.3) is 5.69 Å². The van der Waals surface area contributed by atoms with E-state index in [0.717, 1.165) is 19.3 Å². The van der Waals surface area contributed by atoms with Crippen LogP contribution in [0.3, 0.4) is 0 Å². The Morgan fingerprint density at radius 1 is 1.09 bits per heavy atom. The van der Waals surface area contributed by atoms with Crippen molar-refractivity contribution >= 4 is 21.6 Å². The number of aryl methyl sites for hydroxylation is 1. The SMILES string of the molecule is Cc1ccc(S(=O)(=O)Nc2c(C)n(C)n(-c3ccccc3)c2=O)cc1C(=O)NCC1CC=CCC1. The molecule has 1 heterocycles. The Morgan fingerprint density at radius 3 is 2.51 bits per heavy atom. The molecule has 35 heavy (non-hydrogen) atoms. The van der Waals surface area contributed by atoms with Gasteiger partial charge in [-0.2, -0.15) is 0 Å². The first-order chi connectivity index (χ1) is 16.7. The normalized spacial score (nSPS) is 15.7. The maximum absolute atomic E-state index is 13.2. The number of sulfonamides is 1. The molecule has 1 aliphatic carbocycles. The van der Waals surface area contributed by atoms with Gasteiger partial charge in [0.1, 0.15) is 5.69 Å². The van der Waals surface area contributed by atoms with Crippen molar-refractivity contribution in [3.8, 4) is 5.69 Å². The largest absolute Gasteiger partial charge is 0.352 e. The number of nitrogens with one attached hydrogen (secondary N) is 2. The topological polar surface area (TPSA) is 102 Å². The molecule has 1 aromatic heterocycles. The molecule has 0 saturated carbocycles. The van der Waals surface area contributed by atoms with E-state index < -0.39 is 15.6 Å². The smallest absolute Gasteiger partial charge is 0.296 e. The molecule has 8 nitrogen and oxygen atoms in total. The molecular formula is C26H30N4O4S. The van der Waals surface area contributed by atoms with E-state index in [1.54, 1.807) is 55.9 Å². The Balaban J connectivity index is 1.60. The Labute approximate surface area is 205 Å². The quantitative estimate of drug-likeness (QED) is 0.489. The minimum atomic E-state index is -4.12. The highest BCUT2D eigenvalue weighted by molar-refractivity contribution is 7.92. The summed E-state index contributed by atoms with van der Waals surface area (Å²) >= 11 is 0. The first-order valence-corrected chi connectivity index (χ1v) is 13.1. The lowest BCUT2D eigenvalue weighted by molar-refractivity contribution is 0.0945. The monoisotopic (exact) mass is 494 g/mol. The molecule has 2 N–H and O–H groups in total. The lowest BCUT2D eigenvalue weighted by Crippen LogP contribution is -2.30. The number of rotatable bonds is 7. The van der Waals surface area contributed by atoms with Crippen molar-refractivity contribution in [1.82, 2.24) is 14.7 Å². The minimum Gasteiger partial charge on any atom is -0.352 e. The predicted molar refractivity (Wildman–Crippen MR) is 137 cm³/mol. The van der Waals surface area contributed by atoms with Gasteiger partial charge in [-0.05, 0) is 68.9 Å². The molecule has 1 amide bonds. The van der Waals surface area contributed by atoms with E-state index in [1.807, 2.05) is 6.07 Å². The molecule has 2 aromatic carbocycles. The fourth-order valence-corrected chi connectivity index (χ4v) is 5.41. The van der Waals surface area contributed by atoms with Gasteiger partial charge >= 0.3 is 0 Å². The van der Waals surface area contributed by atoms with Gasteiger partial charge in [-0.1, -0.05) is 36.4 Å². The Morgan fingerprint density at radius 2 is 1.83 bits per heavy atom. The molecular weight excluding hydrogens is 464 g/mol. The highest BCUT2D eigenvalue weighted by atomic mass is 32.2. The minimum absolute atomic E-state index is 0.0340. The van der Waals surface area contributed by atoms with E-state index in [4.69, 9.17) is 0 Å². The van der Waals surface area contributed by atoms with E-state index in [1.165, 1.54) is 16.8 Å². The van der Waals surface area contributed by atoms with Gasteiger partial charge in [0.05, 0.1) is 16.3 Å². The van der Waals surface area contributed by atoms with Crippen LogP contribution < -0.4 is 15.6 Å². The molecule has 1 aliphatic rings. The maximum atomic E-state index is 13.2. The molecule has 1 unspecified atom stereocenters. The summed E-state index contributed by atoms with van der Waals surface area (Å²) in [5.74, 6) is 0.0714. The van der Waals surface area contributed by atoms with Gasteiger partial charge in [-0.3, -0.25) is 19.0 Å². The van der Waals surface area contributed by atoms with Crippen LogP contribution in [0.2, 0.25) is 0 Å². The van der Waals surface area contributed by atoms with Gasteiger partial charge in [-0.15, -0.1) is 0 Å². The van der Waals surface area contributed by atoms with Crippen molar-refractivity contribution in [2.45, 2.75) is 38.0 Å². The van der Waals surface area contributed by atoms with Crippen LogP contribution in [0.15, 0.2) is 70.4 Å². The molecule has 3 aromatic rings. The van der Waals surface area contributed by atoms with Gasteiger partial charge < -0.3 is 5.32 Å². The van der Waals surface area contributed by atoms with Crippen LogP contribution in [0.1, 0.15) is 40.9 Å².